The third kappa shape index (κ3) is 1.75. The standard InChI is InChI=1S/C15H14FN/c16-11-7-5-10(6-8-11)14-9-15(17)13-4-2-1-3-12(13)14/h1-8,14-15H,9,17H2/t14-,15-/m1/s1. The normalized spacial score (nSPS) is 22.5. The second-order valence-electron chi connectivity index (χ2n) is 4.58. The van der Waals surface area contributed by atoms with Crippen LogP contribution in [0.1, 0.15) is 35.1 Å². The van der Waals surface area contributed by atoms with E-state index in [1.165, 1.54) is 23.3 Å². The Balaban J connectivity index is 2.04. The summed E-state index contributed by atoms with van der Waals surface area (Å²) in [4.78, 5) is 0. The van der Waals surface area contributed by atoms with E-state index in [1.807, 2.05) is 24.3 Å². The van der Waals surface area contributed by atoms with Crippen LogP contribution in [-0.4, -0.2) is 0 Å². The van der Waals surface area contributed by atoms with Crippen LogP contribution in [-0.2, 0) is 0 Å². The van der Waals surface area contributed by atoms with Gasteiger partial charge in [-0.25, -0.2) is 4.39 Å². The van der Waals surface area contributed by atoms with Crippen LogP contribution < -0.4 is 5.73 Å². The lowest BCUT2D eigenvalue weighted by molar-refractivity contribution is 0.623. The second kappa shape index (κ2) is 3.97. The van der Waals surface area contributed by atoms with E-state index in [0.29, 0.717) is 5.92 Å². The van der Waals surface area contributed by atoms with E-state index in [1.54, 1.807) is 0 Å². The predicted octanol–water partition coefficient (Wildman–Crippen LogP) is 3.36. The number of halogens is 1. The molecule has 1 aliphatic rings. The molecule has 2 N–H and O–H groups in total. The van der Waals surface area contributed by atoms with Crippen LogP contribution in [0.2, 0.25) is 0 Å². The molecule has 0 fully saturated rings. The molecule has 17 heavy (non-hydrogen) atoms. The molecule has 0 unspecified atom stereocenters. The van der Waals surface area contributed by atoms with Gasteiger partial charge in [-0.05, 0) is 35.2 Å². The number of benzene rings is 2. The first-order valence-corrected chi connectivity index (χ1v) is 5.85. The molecule has 86 valence electrons. The zero-order chi connectivity index (χ0) is 11.8. The number of fused-ring (bicyclic) bond motifs is 1. The van der Waals surface area contributed by atoms with Crippen LogP contribution in [0.4, 0.5) is 4.39 Å². The van der Waals surface area contributed by atoms with Crippen molar-refractivity contribution in [3.63, 3.8) is 0 Å². The molecule has 0 aromatic heterocycles. The monoisotopic (exact) mass is 227 g/mol. The van der Waals surface area contributed by atoms with Crippen LogP contribution >= 0.6 is 0 Å². The van der Waals surface area contributed by atoms with Gasteiger partial charge < -0.3 is 5.73 Å². The minimum atomic E-state index is -0.190. The Morgan fingerprint density at radius 2 is 1.59 bits per heavy atom. The summed E-state index contributed by atoms with van der Waals surface area (Å²) in [6.07, 6.45) is 0.908. The van der Waals surface area contributed by atoms with Crippen molar-refractivity contribution < 1.29 is 4.39 Å². The van der Waals surface area contributed by atoms with Gasteiger partial charge in [0.25, 0.3) is 0 Å². The molecule has 2 atom stereocenters. The molecule has 2 heteroatoms. The van der Waals surface area contributed by atoms with Crippen molar-refractivity contribution in [1.29, 1.82) is 0 Å². The highest BCUT2D eigenvalue weighted by molar-refractivity contribution is 5.44. The van der Waals surface area contributed by atoms with Crippen molar-refractivity contribution in [2.75, 3.05) is 0 Å². The fraction of sp³-hybridized carbons (Fsp3) is 0.200. The summed E-state index contributed by atoms with van der Waals surface area (Å²) in [6.45, 7) is 0. The van der Waals surface area contributed by atoms with Gasteiger partial charge in [-0.2, -0.15) is 0 Å². The molecule has 2 aromatic rings. The zero-order valence-electron chi connectivity index (χ0n) is 9.44. The second-order valence-corrected chi connectivity index (χ2v) is 4.58. The van der Waals surface area contributed by atoms with Gasteiger partial charge >= 0.3 is 0 Å². The molecule has 3 rings (SSSR count). The molecule has 0 radical (unpaired) electrons. The van der Waals surface area contributed by atoms with E-state index in [4.69, 9.17) is 5.73 Å². The molecule has 0 spiro atoms. The fourth-order valence-electron chi connectivity index (χ4n) is 2.68. The number of rotatable bonds is 1. The maximum atomic E-state index is 12.9. The van der Waals surface area contributed by atoms with E-state index in [2.05, 4.69) is 12.1 Å². The maximum absolute atomic E-state index is 12.9. The molecular weight excluding hydrogens is 213 g/mol. The lowest BCUT2D eigenvalue weighted by atomic mass is 9.93. The SMILES string of the molecule is N[C@@H]1C[C@H](c2ccc(F)cc2)c2ccccc21. The first-order chi connectivity index (χ1) is 8.25. The zero-order valence-corrected chi connectivity index (χ0v) is 9.44. The molecule has 2 aromatic carbocycles. The van der Waals surface area contributed by atoms with Crippen LogP contribution in [0, 0.1) is 5.82 Å². The van der Waals surface area contributed by atoms with Crippen molar-refractivity contribution in [3.8, 4) is 0 Å². The van der Waals surface area contributed by atoms with Crippen LogP contribution in [0.25, 0.3) is 0 Å². The Kier molecular flexibility index (Phi) is 2.45. The van der Waals surface area contributed by atoms with Crippen molar-refractivity contribution >= 4 is 0 Å². The van der Waals surface area contributed by atoms with Crippen LogP contribution in [0.3, 0.4) is 0 Å². The van der Waals surface area contributed by atoms with E-state index in [9.17, 15) is 4.39 Å². The highest BCUT2D eigenvalue weighted by Crippen LogP contribution is 2.42. The van der Waals surface area contributed by atoms with Crippen molar-refractivity contribution in [3.05, 3.63) is 71.0 Å². The molecule has 0 heterocycles. The summed E-state index contributed by atoms with van der Waals surface area (Å²) >= 11 is 0. The average Bonchev–Trinajstić information content (AvgIpc) is 2.69. The predicted molar refractivity (Wildman–Crippen MR) is 66.2 cm³/mol. The summed E-state index contributed by atoms with van der Waals surface area (Å²) in [5.41, 5.74) is 9.78. The van der Waals surface area contributed by atoms with Gasteiger partial charge in [0.1, 0.15) is 5.82 Å². The molecule has 0 amide bonds. The Labute approximate surface area is 100 Å². The quantitative estimate of drug-likeness (QED) is 0.794. The Morgan fingerprint density at radius 3 is 2.29 bits per heavy atom. The average molecular weight is 227 g/mol. The van der Waals surface area contributed by atoms with Gasteiger partial charge in [0, 0.05) is 12.0 Å². The number of hydrogen-bond donors (Lipinski definition) is 1. The third-order valence-corrected chi connectivity index (χ3v) is 3.53. The van der Waals surface area contributed by atoms with Gasteiger partial charge in [-0.1, -0.05) is 36.4 Å². The van der Waals surface area contributed by atoms with Gasteiger partial charge in [0.05, 0.1) is 0 Å². The Hall–Kier alpha value is -1.67. The van der Waals surface area contributed by atoms with Crippen LogP contribution in [0.15, 0.2) is 48.5 Å². The highest BCUT2D eigenvalue weighted by atomic mass is 19.1. The molecule has 0 aliphatic heterocycles. The van der Waals surface area contributed by atoms with E-state index in [-0.39, 0.29) is 11.9 Å². The summed E-state index contributed by atoms with van der Waals surface area (Å²) in [5.74, 6) is 0.117. The van der Waals surface area contributed by atoms with E-state index in [0.717, 1.165) is 12.0 Å². The lowest BCUT2D eigenvalue weighted by Gasteiger charge is -2.11. The van der Waals surface area contributed by atoms with Gasteiger partial charge in [0.15, 0.2) is 0 Å². The number of nitrogens with two attached hydrogens (primary N) is 1. The lowest BCUT2D eigenvalue weighted by Crippen LogP contribution is -2.05. The smallest absolute Gasteiger partial charge is 0.123 e. The first-order valence-electron chi connectivity index (χ1n) is 5.85. The van der Waals surface area contributed by atoms with E-state index < -0.39 is 0 Å². The summed E-state index contributed by atoms with van der Waals surface area (Å²) in [5, 5.41) is 0. The third-order valence-electron chi connectivity index (χ3n) is 3.53. The summed E-state index contributed by atoms with van der Waals surface area (Å²) < 4.78 is 12.9. The number of hydrogen-bond acceptors (Lipinski definition) is 1. The van der Waals surface area contributed by atoms with Gasteiger partial charge in [-0.15, -0.1) is 0 Å². The summed E-state index contributed by atoms with van der Waals surface area (Å²) in [7, 11) is 0. The molecule has 0 saturated heterocycles. The van der Waals surface area contributed by atoms with Crippen molar-refractivity contribution in [2.24, 2.45) is 5.73 Å². The molecular formula is C15H14FN. The molecule has 0 bridgehead atoms. The van der Waals surface area contributed by atoms with Crippen molar-refractivity contribution in [1.82, 2.24) is 0 Å². The molecule has 0 saturated carbocycles. The van der Waals surface area contributed by atoms with Gasteiger partial charge in [-0.3, -0.25) is 0 Å². The Bertz CT molecular complexity index is 533. The highest BCUT2D eigenvalue weighted by Gasteiger charge is 2.29. The van der Waals surface area contributed by atoms with E-state index >= 15 is 0 Å². The van der Waals surface area contributed by atoms with Gasteiger partial charge in [0.2, 0.25) is 0 Å². The topological polar surface area (TPSA) is 26.0 Å². The molecule has 1 nitrogen and oxygen atoms in total. The first kappa shape index (κ1) is 10.5. The largest absolute Gasteiger partial charge is 0.324 e. The van der Waals surface area contributed by atoms with Crippen LogP contribution in [0.5, 0.6) is 0 Å². The Morgan fingerprint density at radius 1 is 0.941 bits per heavy atom. The minimum Gasteiger partial charge on any atom is -0.324 e. The summed E-state index contributed by atoms with van der Waals surface area (Å²) in [6, 6.07) is 15.1. The minimum absolute atomic E-state index is 0.0984. The molecule has 1 aliphatic carbocycles. The van der Waals surface area contributed by atoms with Crippen molar-refractivity contribution in [2.45, 2.75) is 18.4 Å². The maximum Gasteiger partial charge on any atom is 0.123 e. The fourth-order valence-corrected chi connectivity index (χ4v) is 2.68.